The van der Waals surface area contributed by atoms with Gasteiger partial charge in [0.2, 0.25) is 11.9 Å². The topological polar surface area (TPSA) is 98.4 Å². The number of hydrogen-bond acceptors (Lipinski definition) is 8. The Labute approximate surface area is 147 Å². The fourth-order valence-electron chi connectivity index (χ4n) is 3.05. The standard InChI is InChI=1S/C17H24N6O2/c1-11-8-23(9-12(2)25-11)10-15-20-16(18)22-17(21-15)19-13-6-4-5-7-14(13)24-3/h4-7,11-12H,8-10H2,1-3H3,(H3,18,19,20,21,22)/t11-,12+. The Morgan fingerprint density at radius 3 is 2.64 bits per heavy atom. The van der Waals surface area contributed by atoms with Crippen LogP contribution in [0.5, 0.6) is 5.75 Å². The molecule has 25 heavy (non-hydrogen) atoms. The third kappa shape index (κ3) is 4.55. The van der Waals surface area contributed by atoms with E-state index in [1.165, 1.54) is 0 Å². The van der Waals surface area contributed by atoms with Crippen LogP contribution in [0, 0.1) is 0 Å². The summed E-state index contributed by atoms with van der Waals surface area (Å²) in [5, 5.41) is 3.15. The summed E-state index contributed by atoms with van der Waals surface area (Å²) in [5.74, 6) is 1.93. The van der Waals surface area contributed by atoms with Gasteiger partial charge < -0.3 is 20.5 Å². The van der Waals surface area contributed by atoms with Crippen molar-refractivity contribution in [1.82, 2.24) is 19.9 Å². The zero-order valence-corrected chi connectivity index (χ0v) is 14.8. The quantitative estimate of drug-likeness (QED) is 0.847. The van der Waals surface area contributed by atoms with E-state index in [0.29, 0.717) is 24.1 Å². The van der Waals surface area contributed by atoms with E-state index in [9.17, 15) is 0 Å². The summed E-state index contributed by atoms with van der Waals surface area (Å²) in [6.07, 6.45) is 0.378. The Morgan fingerprint density at radius 1 is 1.20 bits per heavy atom. The Balaban J connectivity index is 1.76. The van der Waals surface area contributed by atoms with E-state index in [4.69, 9.17) is 15.2 Å². The molecule has 0 unspecified atom stereocenters. The summed E-state index contributed by atoms with van der Waals surface area (Å²) >= 11 is 0. The molecule has 3 N–H and O–H groups in total. The van der Waals surface area contributed by atoms with E-state index in [1.54, 1.807) is 7.11 Å². The molecule has 1 aromatic heterocycles. The Hall–Kier alpha value is -2.45. The van der Waals surface area contributed by atoms with Crippen molar-refractivity contribution in [3.8, 4) is 5.75 Å². The predicted octanol–water partition coefficient (Wildman–Crippen LogP) is 1.82. The predicted molar refractivity (Wildman–Crippen MR) is 95.8 cm³/mol. The summed E-state index contributed by atoms with van der Waals surface area (Å²) in [4.78, 5) is 15.2. The van der Waals surface area contributed by atoms with Crippen LogP contribution < -0.4 is 15.8 Å². The van der Waals surface area contributed by atoms with Gasteiger partial charge >= 0.3 is 0 Å². The first kappa shape index (κ1) is 17.4. The molecule has 0 radical (unpaired) electrons. The fourth-order valence-corrected chi connectivity index (χ4v) is 3.05. The maximum atomic E-state index is 5.87. The van der Waals surface area contributed by atoms with E-state index < -0.39 is 0 Å². The molecular formula is C17H24N6O2. The van der Waals surface area contributed by atoms with E-state index >= 15 is 0 Å². The minimum atomic E-state index is 0.189. The highest BCUT2D eigenvalue weighted by molar-refractivity contribution is 5.62. The van der Waals surface area contributed by atoms with Crippen LogP contribution in [0.25, 0.3) is 0 Å². The lowest BCUT2D eigenvalue weighted by atomic mass is 10.2. The number of rotatable bonds is 5. The zero-order valence-electron chi connectivity index (χ0n) is 14.8. The maximum Gasteiger partial charge on any atom is 0.232 e. The molecule has 2 heterocycles. The fraction of sp³-hybridized carbons (Fsp3) is 0.471. The molecular weight excluding hydrogens is 320 g/mol. The average molecular weight is 344 g/mol. The maximum absolute atomic E-state index is 5.87. The monoisotopic (exact) mass is 344 g/mol. The first-order valence-corrected chi connectivity index (χ1v) is 8.31. The van der Waals surface area contributed by atoms with Gasteiger partial charge in [-0.2, -0.15) is 15.0 Å². The molecule has 1 fully saturated rings. The van der Waals surface area contributed by atoms with Crippen LogP contribution in [-0.4, -0.2) is 52.3 Å². The van der Waals surface area contributed by atoms with Crippen LogP contribution in [0.4, 0.5) is 17.6 Å². The number of aromatic nitrogens is 3. The van der Waals surface area contributed by atoms with Gasteiger partial charge in [0.1, 0.15) is 11.6 Å². The number of nitrogens with zero attached hydrogens (tertiary/aromatic N) is 4. The number of anilines is 3. The molecule has 3 rings (SSSR count). The molecule has 2 atom stereocenters. The normalized spacial score (nSPS) is 21.1. The molecule has 0 bridgehead atoms. The summed E-state index contributed by atoms with van der Waals surface area (Å²) in [6.45, 7) is 6.42. The minimum Gasteiger partial charge on any atom is -0.495 e. The average Bonchev–Trinajstić information content (AvgIpc) is 2.53. The number of methoxy groups -OCH3 is 1. The van der Waals surface area contributed by atoms with Gasteiger partial charge in [-0.3, -0.25) is 4.90 Å². The van der Waals surface area contributed by atoms with Crippen LogP contribution in [0.15, 0.2) is 24.3 Å². The van der Waals surface area contributed by atoms with E-state index in [1.807, 2.05) is 24.3 Å². The smallest absolute Gasteiger partial charge is 0.232 e. The number of ether oxygens (including phenoxy) is 2. The molecule has 1 aromatic carbocycles. The van der Waals surface area contributed by atoms with Crippen molar-refractivity contribution in [3.63, 3.8) is 0 Å². The number of nitrogens with two attached hydrogens (primary N) is 1. The van der Waals surface area contributed by atoms with Gasteiger partial charge in [0, 0.05) is 13.1 Å². The van der Waals surface area contributed by atoms with Crippen LogP contribution in [0.3, 0.4) is 0 Å². The van der Waals surface area contributed by atoms with Crippen molar-refractivity contribution >= 4 is 17.6 Å². The van der Waals surface area contributed by atoms with Crippen molar-refractivity contribution < 1.29 is 9.47 Å². The molecule has 1 aliphatic rings. The van der Waals surface area contributed by atoms with E-state index in [-0.39, 0.29) is 18.2 Å². The molecule has 0 amide bonds. The van der Waals surface area contributed by atoms with Crippen molar-refractivity contribution in [2.75, 3.05) is 31.2 Å². The molecule has 1 saturated heterocycles. The van der Waals surface area contributed by atoms with E-state index in [2.05, 4.69) is 39.0 Å². The second kappa shape index (κ2) is 7.62. The van der Waals surface area contributed by atoms with Crippen LogP contribution in [0.1, 0.15) is 19.7 Å². The number of para-hydroxylation sites is 2. The van der Waals surface area contributed by atoms with Crippen molar-refractivity contribution in [2.24, 2.45) is 0 Å². The number of benzene rings is 1. The molecule has 8 nitrogen and oxygen atoms in total. The highest BCUT2D eigenvalue weighted by Crippen LogP contribution is 2.25. The number of hydrogen-bond donors (Lipinski definition) is 2. The third-order valence-corrected chi connectivity index (χ3v) is 3.91. The van der Waals surface area contributed by atoms with Crippen molar-refractivity contribution in [1.29, 1.82) is 0 Å². The SMILES string of the molecule is COc1ccccc1Nc1nc(N)nc(CN2C[C@@H](C)O[C@@H](C)C2)n1. The van der Waals surface area contributed by atoms with Crippen molar-refractivity contribution in [3.05, 3.63) is 30.1 Å². The van der Waals surface area contributed by atoms with E-state index in [0.717, 1.165) is 18.8 Å². The molecule has 1 aliphatic heterocycles. The highest BCUT2D eigenvalue weighted by atomic mass is 16.5. The molecule has 2 aromatic rings. The lowest BCUT2D eigenvalue weighted by Crippen LogP contribution is -2.45. The van der Waals surface area contributed by atoms with Gasteiger partial charge in [0.15, 0.2) is 0 Å². The van der Waals surface area contributed by atoms with Gasteiger partial charge in [-0.25, -0.2) is 0 Å². The summed E-state index contributed by atoms with van der Waals surface area (Å²) in [7, 11) is 1.62. The number of nitrogen functional groups attached to an aromatic ring is 1. The molecule has 8 heteroatoms. The number of nitrogens with one attached hydrogen (secondary N) is 1. The van der Waals surface area contributed by atoms with Gasteiger partial charge in [0.25, 0.3) is 0 Å². The summed E-state index contributed by atoms with van der Waals surface area (Å²) < 4.78 is 11.1. The Kier molecular flexibility index (Phi) is 5.30. The Morgan fingerprint density at radius 2 is 1.92 bits per heavy atom. The second-order valence-electron chi connectivity index (χ2n) is 6.21. The van der Waals surface area contributed by atoms with Crippen LogP contribution in [0.2, 0.25) is 0 Å². The zero-order chi connectivity index (χ0) is 17.8. The minimum absolute atomic E-state index is 0.189. The van der Waals surface area contributed by atoms with Gasteiger partial charge in [-0.15, -0.1) is 0 Å². The molecule has 0 aliphatic carbocycles. The molecule has 0 saturated carbocycles. The molecule has 0 spiro atoms. The third-order valence-electron chi connectivity index (χ3n) is 3.91. The van der Waals surface area contributed by atoms with Gasteiger partial charge in [-0.05, 0) is 26.0 Å². The summed E-state index contributed by atoms with van der Waals surface area (Å²) in [5.41, 5.74) is 6.64. The van der Waals surface area contributed by atoms with Crippen LogP contribution in [-0.2, 0) is 11.3 Å². The first-order valence-electron chi connectivity index (χ1n) is 8.31. The van der Waals surface area contributed by atoms with Crippen molar-refractivity contribution in [2.45, 2.75) is 32.6 Å². The second-order valence-corrected chi connectivity index (χ2v) is 6.21. The molecule has 134 valence electrons. The van der Waals surface area contributed by atoms with Gasteiger partial charge in [0.05, 0.1) is 31.5 Å². The van der Waals surface area contributed by atoms with Crippen LogP contribution >= 0.6 is 0 Å². The largest absolute Gasteiger partial charge is 0.495 e. The number of morpholine rings is 1. The lowest BCUT2D eigenvalue weighted by Gasteiger charge is -2.34. The highest BCUT2D eigenvalue weighted by Gasteiger charge is 2.23. The first-order chi connectivity index (χ1) is 12.0. The lowest BCUT2D eigenvalue weighted by molar-refractivity contribution is -0.0710. The van der Waals surface area contributed by atoms with Gasteiger partial charge in [-0.1, -0.05) is 12.1 Å². The summed E-state index contributed by atoms with van der Waals surface area (Å²) in [6, 6.07) is 7.57. The Bertz CT molecular complexity index is 716.